The minimum absolute atomic E-state index is 0.0411. The van der Waals surface area contributed by atoms with Crippen LogP contribution in [-0.2, 0) is 11.2 Å². The van der Waals surface area contributed by atoms with Gasteiger partial charge in [0, 0.05) is 5.75 Å². The Morgan fingerprint density at radius 3 is 3.07 bits per heavy atom. The SMILES string of the molecule is C=CCSCC(=O)Nc1nnc(CC)s1. The summed E-state index contributed by atoms with van der Waals surface area (Å²) in [5, 5.41) is 12.0. The molecule has 0 aliphatic heterocycles. The first kappa shape index (κ1) is 12.2. The molecule has 0 unspecified atom stereocenters. The van der Waals surface area contributed by atoms with Crippen LogP contribution < -0.4 is 5.32 Å². The Bertz CT molecular complexity index is 338. The van der Waals surface area contributed by atoms with Crippen LogP contribution in [0.3, 0.4) is 0 Å². The van der Waals surface area contributed by atoms with Crippen molar-refractivity contribution in [2.24, 2.45) is 0 Å². The summed E-state index contributed by atoms with van der Waals surface area (Å²) < 4.78 is 0. The van der Waals surface area contributed by atoms with Crippen LogP contribution in [0.2, 0.25) is 0 Å². The van der Waals surface area contributed by atoms with Gasteiger partial charge >= 0.3 is 0 Å². The summed E-state index contributed by atoms with van der Waals surface area (Å²) in [4.78, 5) is 11.4. The van der Waals surface area contributed by atoms with Crippen LogP contribution in [0, 0.1) is 0 Å². The maximum absolute atomic E-state index is 11.4. The van der Waals surface area contributed by atoms with Gasteiger partial charge in [0.05, 0.1) is 5.75 Å². The maximum Gasteiger partial charge on any atom is 0.236 e. The zero-order valence-electron chi connectivity index (χ0n) is 8.52. The first-order valence-electron chi connectivity index (χ1n) is 4.57. The molecule has 4 nitrogen and oxygen atoms in total. The van der Waals surface area contributed by atoms with Crippen LogP contribution in [0.5, 0.6) is 0 Å². The van der Waals surface area contributed by atoms with E-state index in [9.17, 15) is 4.79 Å². The Hall–Kier alpha value is -0.880. The molecule has 0 aromatic carbocycles. The second-order valence-electron chi connectivity index (χ2n) is 2.71. The highest BCUT2D eigenvalue weighted by atomic mass is 32.2. The molecule has 82 valence electrons. The second-order valence-corrected chi connectivity index (χ2v) is 4.80. The summed E-state index contributed by atoms with van der Waals surface area (Å²) in [6.07, 6.45) is 2.62. The summed E-state index contributed by atoms with van der Waals surface area (Å²) in [6, 6.07) is 0. The predicted octanol–water partition coefficient (Wildman–Crippen LogP) is 1.96. The van der Waals surface area contributed by atoms with Gasteiger partial charge in [-0.3, -0.25) is 10.1 Å². The largest absolute Gasteiger partial charge is 0.300 e. The van der Waals surface area contributed by atoms with Crippen molar-refractivity contribution in [3.8, 4) is 0 Å². The van der Waals surface area contributed by atoms with Crippen molar-refractivity contribution >= 4 is 34.1 Å². The molecule has 0 spiro atoms. The van der Waals surface area contributed by atoms with Gasteiger partial charge in [-0.05, 0) is 6.42 Å². The fourth-order valence-corrected chi connectivity index (χ4v) is 2.08. The lowest BCUT2D eigenvalue weighted by molar-refractivity contribution is -0.113. The molecule has 15 heavy (non-hydrogen) atoms. The number of thioether (sulfide) groups is 1. The number of rotatable bonds is 6. The molecule has 0 fully saturated rings. The van der Waals surface area contributed by atoms with E-state index in [1.165, 1.54) is 23.1 Å². The molecule has 1 aromatic heterocycles. The van der Waals surface area contributed by atoms with E-state index in [2.05, 4.69) is 22.1 Å². The van der Waals surface area contributed by atoms with Crippen molar-refractivity contribution in [1.29, 1.82) is 0 Å². The number of amides is 1. The highest BCUT2D eigenvalue weighted by molar-refractivity contribution is 8.00. The molecule has 0 aliphatic carbocycles. The van der Waals surface area contributed by atoms with E-state index in [-0.39, 0.29) is 5.91 Å². The van der Waals surface area contributed by atoms with Crippen LogP contribution >= 0.6 is 23.1 Å². The average Bonchev–Trinajstić information content (AvgIpc) is 2.66. The summed E-state index contributed by atoms with van der Waals surface area (Å²) in [6.45, 7) is 5.59. The first-order chi connectivity index (χ1) is 7.26. The molecule has 1 amide bonds. The number of hydrogen-bond acceptors (Lipinski definition) is 5. The lowest BCUT2D eigenvalue weighted by Crippen LogP contribution is -2.13. The lowest BCUT2D eigenvalue weighted by atomic mass is 10.5. The lowest BCUT2D eigenvalue weighted by Gasteiger charge is -1.98. The molecule has 6 heteroatoms. The monoisotopic (exact) mass is 243 g/mol. The first-order valence-corrected chi connectivity index (χ1v) is 6.54. The molecule has 0 aliphatic rings. The fourth-order valence-electron chi connectivity index (χ4n) is 0.837. The second kappa shape index (κ2) is 6.58. The van der Waals surface area contributed by atoms with Crippen molar-refractivity contribution in [2.45, 2.75) is 13.3 Å². The molecule has 0 radical (unpaired) electrons. The third-order valence-corrected chi connectivity index (χ3v) is 3.41. The number of aryl methyl sites for hydroxylation is 1. The standard InChI is InChI=1S/C9H13N3OS2/c1-3-5-14-6-7(13)10-9-12-11-8(4-2)15-9/h3H,1,4-6H2,2H3,(H,10,12,13). The molecule has 1 rings (SSSR count). The zero-order valence-corrected chi connectivity index (χ0v) is 10.2. The topological polar surface area (TPSA) is 54.9 Å². The minimum atomic E-state index is -0.0411. The summed E-state index contributed by atoms with van der Waals surface area (Å²) in [5.74, 6) is 1.16. The van der Waals surface area contributed by atoms with Gasteiger partial charge in [-0.2, -0.15) is 0 Å². The highest BCUT2D eigenvalue weighted by Gasteiger charge is 2.06. The van der Waals surface area contributed by atoms with E-state index in [1.54, 1.807) is 6.08 Å². The van der Waals surface area contributed by atoms with Crippen LogP contribution in [0.4, 0.5) is 5.13 Å². The zero-order chi connectivity index (χ0) is 11.1. The van der Waals surface area contributed by atoms with Crippen LogP contribution in [0.15, 0.2) is 12.7 Å². The fraction of sp³-hybridized carbons (Fsp3) is 0.444. The molecule has 0 bridgehead atoms. The van der Waals surface area contributed by atoms with E-state index in [0.29, 0.717) is 10.9 Å². The number of anilines is 1. The van der Waals surface area contributed by atoms with E-state index in [1.807, 2.05) is 6.92 Å². The minimum Gasteiger partial charge on any atom is -0.300 e. The van der Waals surface area contributed by atoms with Crippen molar-refractivity contribution in [3.63, 3.8) is 0 Å². The molecule has 0 saturated carbocycles. The number of nitrogens with one attached hydrogen (secondary N) is 1. The molecule has 1 N–H and O–H groups in total. The van der Waals surface area contributed by atoms with Gasteiger partial charge in [-0.15, -0.1) is 28.5 Å². The van der Waals surface area contributed by atoms with Crippen LogP contribution in [0.1, 0.15) is 11.9 Å². The van der Waals surface area contributed by atoms with Gasteiger partial charge < -0.3 is 0 Å². The van der Waals surface area contributed by atoms with Crippen molar-refractivity contribution in [3.05, 3.63) is 17.7 Å². The quantitative estimate of drug-likeness (QED) is 0.613. The number of hydrogen-bond donors (Lipinski definition) is 1. The van der Waals surface area contributed by atoms with Crippen LogP contribution in [-0.4, -0.2) is 27.6 Å². The van der Waals surface area contributed by atoms with Gasteiger partial charge in [0.15, 0.2) is 0 Å². The average molecular weight is 243 g/mol. The number of carbonyl (C=O) groups is 1. The number of nitrogens with zero attached hydrogens (tertiary/aromatic N) is 2. The number of carbonyl (C=O) groups excluding carboxylic acids is 1. The Labute approximate surface area is 97.2 Å². The van der Waals surface area contributed by atoms with Crippen molar-refractivity contribution < 1.29 is 4.79 Å². The Morgan fingerprint density at radius 2 is 2.47 bits per heavy atom. The molecule has 1 heterocycles. The van der Waals surface area contributed by atoms with Gasteiger partial charge in [0.1, 0.15) is 5.01 Å². The molecular formula is C9H13N3OS2. The molecular weight excluding hydrogens is 230 g/mol. The van der Waals surface area contributed by atoms with Gasteiger partial charge in [0.25, 0.3) is 0 Å². The van der Waals surface area contributed by atoms with Crippen molar-refractivity contribution in [2.75, 3.05) is 16.8 Å². The Balaban J connectivity index is 2.33. The Morgan fingerprint density at radius 1 is 1.67 bits per heavy atom. The molecule has 1 aromatic rings. The number of aromatic nitrogens is 2. The van der Waals surface area contributed by atoms with Gasteiger partial charge in [0.2, 0.25) is 11.0 Å². The Kier molecular flexibility index (Phi) is 5.34. The van der Waals surface area contributed by atoms with E-state index < -0.39 is 0 Å². The summed E-state index contributed by atoms with van der Waals surface area (Å²) in [5.41, 5.74) is 0. The third-order valence-electron chi connectivity index (χ3n) is 1.48. The maximum atomic E-state index is 11.4. The smallest absolute Gasteiger partial charge is 0.236 e. The van der Waals surface area contributed by atoms with Gasteiger partial charge in [-0.25, -0.2) is 0 Å². The summed E-state index contributed by atoms with van der Waals surface area (Å²) in [7, 11) is 0. The van der Waals surface area contributed by atoms with E-state index >= 15 is 0 Å². The molecule has 0 saturated heterocycles. The third kappa shape index (κ3) is 4.44. The van der Waals surface area contributed by atoms with Gasteiger partial charge in [-0.1, -0.05) is 24.3 Å². The van der Waals surface area contributed by atoms with Crippen molar-refractivity contribution in [1.82, 2.24) is 10.2 Å². The van der Waals surface area contributed by atoms with Crippen LogP contribution in [0.25, 0.3) is 0 Å². The summed E-state index contributed by atoms with van der Waals surface area (Å²) >= 11 is 2.94. The predicted molar refractivity (Wildman–Crippen MR) is 65.4 cm³/mol. The highest BCUT2D eigenvalue weighted by Crippen LogP contribution is 2.15. The van der Waals surface area contributed by atoms with E-state index in [0.717, 1.165) is 17.2 Å². The van der Waals surface area contributed by atoms with E-state index in [4.69, 9.17) is 0 Å². The normalized spacial score (nSPS) is 9.93. The molecule has 0 atom stereocenters.